The van der Waals surface area contributed by atoms with Crippen LogP contribution in [-0.2, 0) is 4.57 Å². The second-order valence-electron chi connectivity index (χ2n) is 11.4. The van der Waals surface area contributed by atoms with Crippen LogP contribution in [0.15, 0.2) is 152 Å². The van der Waals surface area contributed by atoms with Crippen LogP contribution in [-0.4, -0.2) is 9.97 Å². The Morgan fingerprint density at radius 3 is 1.52 bits per heavy atom. The molecule has 0 fully saturated rings. The number of fused-ring (bicyclic) bond motifs is 6. The van der Waals surface area contributed by atoms with Gasteiger partial charge in [-0.3, -0.25) is 9.97 Å². The lowest BCUT2D eigenvalue weighted by atomic mass is 10.00. The molecule has 0 unspecified atom stereocenters. The third kappa shape index (κ3) is 4.43. The molecule has 9 rings (SSSR count). The molecule has 3 nitrogen and oxygen atoms in total. The molecule has 4 aromatic heterocycles. The second kappa shape index (κ2) is 10.9. The molecule has 0 N–H and O–H groups in total. The monoisotopic (exact) mass is 644 g/mol. The van der Waals surface area contributed by atoms with Crippen LogP contribution < -0.4 is 15.9 Å². The molecule has 218 valence electrons. The van der Waals surface area contributed by atoms with Gasteiger partial charge in [-0.15, -0.1) is 22.7 Å². The van der Waals surface area contributed by atoms with E-state index in [1.165, 1.54) is 51.5 Å². The molecule has 4 heterocycles. The van der Waals surface area contributed by atoms with Crippen LogP contribution in [0.4, 0.5) is 0 Å². The third-order valence-corrected chi connectivity index (χ3v) is 14.0. The minimum absolute atomic E-state index is 0.729. The summed E-state index contributed by atoms with van der Waals surface area (Å²) in [6.07, 6.45) is 7.46. The van der Waals surface area contributed by atoms with E-state index in [1.54, 1.807) is 17.5 Å². The molecule has 6 heteroatoms. The fourth-order valence-corrected chi connectivity index (χ4v) is 11.2. The average molecular weight is 645 g/mol. The first-order valence-electron chi connectivity index (χ1n) is 15.1. The van der Waals surface area contributed by atoms with Crippen molar-refractivity contribution in [1.82, 2.24) is 9.97 Å². The maximum Gasteiger partial charge on any atom is 0.172 e. The van der Waals surface area contributed by atoms with Gasteiger partial charge in [0.2, 0.25) is 0 Å². The van der Waals surface area contributed by atoms with Crippen LogP contribution >= 0.6 is 29.8 Å². The van der Waals surface area contributed by atoms with E-state index in [0.29, 0.717) is 0 Å². The molecule has 5 aromatic carbocycles. The number of hydrogen-bond donors (Lipinski definition) is 0. The van der Waals surface area contributed by atoms with Crippen LogP contribution in [0.1, 0.15) is 0 Å². The summed E-state index contributed by atoms with van der Waals surface area (Å²) in [5.74, 6) is 0. The van der Waals surface area contributed by atoms with Crippen LogP contribution in [0.2, 0.25) is 0 Å². The van der Waals surface area contributed by atoms with Gasteiger partial charge in [0.15, 0.2) is 7.14 Å². The highest BCUT2D eigenvalue weighted by atomic mass is 32.1. The van der Waals surface area contributed by atoms with Crippen molar-refractivity contribution in [2.45, 2.75) is 0 Å². The second-order valence-corrected chi connectivity index (χ2v) is 16.4. The maximum atomic E-state index is 15.0. The fraction of sp³-hybridized carbons (Fsp3) is 0. The van der Waals surface area contributed by atoms with Gasteiger partial charge in [-0.2, -0.15) is 0 Å². The summed E-state index contributed by atoms with van der Waals surface area (Å²) >= 11 is 3.60. The number of benzene rings is 5. The SMILES string of the molecule is O=P(c1ccccc1)(c1ccccc1)c1cncc(-c2ccc3sc4ccc(-c5ccc6sc7cnccc7c6c5)cc4c3c2)c1. The third-order valence-electron chi connectivity index (χ3n) is 8.74. The van der Waals surface area contributed by atoms with Crippen molar-refractivity contribution in [3.8, 4) is 22.3 Å². The maximum absolute atomic E-state index is 15.0. The molecule has 0 amide bonds. The highest BCUT2D eigenvalue weighted by Gasteiger charge is 2.30. The van der Waals surface area contributed by atoms with Crippen LogP contribution in [0.5, 0.6) is 0 Å². The normalized spacial score (nSPS) is 12.0. The van der Waals surface area contributed by atoms with Crippen molar-refractivity contribution >= 4 is 86.1 Å². The summed E-state index contributed by atoms with van der Waals surface area (Å²) in [5, 5.41) is 7.31. The van der Waals surface area contributed by atoms with Gasteiger partial charge in [-0.1, -0.05) is 78.9 Å². The summed E-state index contributed by atoms with van der Waals surface area (Å²) < 4.78 is 20.0. The lowest BCUT2D eigenvalue weighted by Crippen LogP contribution is -2.25. The zero-order valence-corrected chi connectivity index (χ0v) is 27.0. The minimum atomic E-state index is -3.13. The Morgan fingerprint density at radius 2 is 0.935 bits per heavy atom. The Morgan fingerprint density at radius 1 is 0.413 bits per heavy atom. The molecule has 0 spiro atoms. The number of nitrogens with zero attached hydrogens (tertiary/aromatic N) is 2. The zero-order chi connectivity index (χ0) is 30.7. The lowest BCUT2D eigenvalue weighted by molar-refractivity contribution is 0.592. The molecule has 9 aromatic rings. The van der Waals surface area contributed by atoms with Gasteiger partial charge < -0.3 is 4.57 Å². The Bertz CT molecular complexity index is 2580. The van der Waals surface area contributed by atoms with Crippen molar-refractivity contribution < 1.29 is 4.57 Å². The number of hydrogen-bond acceptors (Lipinski definition) is 5. The molecule has 46 heavy (non-hydrogen) atoms. The molecule has 0 atom stereocenters. The van der Waals surface area contributed by atoms with Gasteiger partial charge in [0, 0.05) is 81.9 Å². The Labute approximate surface area is 273 Å². The quantitative estimate of drug-likeness (QED) is 0.175. The molecule has 0 radical (unpaired) electrons. The molecule has 0 aliphatic heterocycles. The number of rotatable bonds is 5. The van der Waals surface area contributed by atoms with E-state index in [-0.39, 0.29) is 0 Å². The van der Waals surface area contributed by atoms with E-state index in [9.17, 15) is 0 Å². The van der Waals surface area contributed by atoms with Gasteiger partial charge in [0.05, 0.1) is 4.70 Å². The smallest absolute Gasteiger partial charge is 0.172 e. The molecular formula is C40H25N2OPS2. The summed E-state index contributed by atoms with van der Waals surface area (Å²) in [5.41, 5.74) is 4.41. The Kier molecular flexibility index (Phi) is 6.46. The van der Waals surface area contributed by atoms with Gasteiger partial charge in [0.25, 0.3) is 0 Å². The molecule has 0 saturated heterocycles. The Balaban J connectivity index is 1.16. The number of aromatic nitrogens is 2. The summed E-state index contributed by atoms with van der Waals surface area (Å²) in [6, 6.07) is 43.9. The molecular weight excluding hydrogens is 620 g/mol. The molecule has 0 aliphatic carbocycles. The summed E-state index contributed by atoms with van der Waals surface area (Å²) in [6.45, 7) is 0. The van der Waals surface area contributed by atoms with Gasteiger partial charge in [0.1, 0.15) is 0 Å². The number of thiophene rings is 2. The first-order valence-corrected chi connectivity index (χ1v) is 18.4. The topological polar surface area (TPSA) is 42.9 Å². The summed E-state index contributed by atoms with van der Waals surface area (Å²) in [7, 11) is -3.13. The summed E-state index contributed by atoms with van der Waals surface area (Å²) in [4.78, 5) is 8.94. The molecule has 0 aliphatic rings. The number of pyridine rings is 2. The van der Waals surface area contributed by atoms with Crippen molar-refractivity contribution in [1.29, 1.82) is 0 Å². The van der Waals surface area contributed by atoms with Crippen molar-refractivity contribution in [3.63, 3.8) is 0 Å². The predicted octanol–water partition coefficient (Wildman–Crippen LogP) is 10.2. The van der Waals surface area contributed by atoms with E-state index in [0.717, 1.165) is 27.0 Å². The highest BCUT2D eigenvalue weighted by molar-refractivity contribution is 7.85. The van der Waals surface area contributed by atoms with E-state index in [4.69, 9.17) is 0 Å². The first-order chi connectivity index (χ1) is 22.6. The van der Waals surface area contributed by atoms with Crippen molar-refractivity contribution in [2.24, 2.45) is 0 Å². The average Bonchev–Trinajstić information content (AvgIpc) is 3.69. The van der Waals surface area contributed by atoms with Gasteiger partial charge >= 0.3 is 0 Å². The van der Waals surface area contributed by atoms with Crippen molar-refractivity contribution in [2.75, 3.05) is 0 Å². The van der Waals surface area contributed by atoms with E-state index in [2.05, 4.69) is 76.7 Å². The van der Waals surface area contributed by atoms with E-state index >= 15 is 4.57 Å². The lowest BCUT2D eigenvalue weighted by Gasteiger charge is -2.20. The minimum Gasteiger partial charge on any atom is -0.309 e. The molecule has 0 saturated carbocycles. The predicted molar refractivity (Wildman–Crippen MR) is 198 cm³/mol. The molecule has 0 bridgehead atoms. The van der Waals surface area contributed by atoms with E-state index in [1.807, 2.05) is 90.6 Å². The standard InChI is InChI=1S/C40H25N2OPS2/c43-44(30-7-3-1-4-8-30,31-9-5-2-6-10-31)32-19-29(23-42-24-32)28-13-16-39-36(22-28)35-21-27(12-15-38(35)45-39)26-11-14-37-34(20-26)33-17-18-41-25-40(33)46-37/h1-25H. The van der Waals surface area contributed by atoms with E-state index < -0.39 is 7.14 Å². The van der Waals surface area contributed by atoms with Gasteiger partial charge in [-0.25, -0.2) is 0 Å². The first kappa shape index (κ1) is 27.4. The Hall–Kier alpha value is -4.93. The van der Waals surface area contributed by atoms with Crippen LogP contribution in [0.3, 0.4) is 0 Å². The largest absolute Gasteiger partial charge is 0.309 e. The van der Waals surface area contributed by atoms with Gasteiger partial charge in [-0.05, 0) is 65.2 Å². The van der Waals surface area contributed by atoms with Crippen LogP contribution in [0, 0.1) is 0 Å². The zero-order valence-electron chi connectivity index (χ0n) is 24.5. The van der Waals surface area contributed by atoms with Crippen LogP contribution in [0.25, 0.3) is 62.6 Å². The fourth-order valence-electron chi connectivity index (χ4n) is 6.43. The van der Waals surface area contributed by atoms with Crippen molar-refractivity contribution in [3.05, 3.63) is 152 Å². The highest BCUT2D eigenvalue weighted by Crippen LogP contribution is 2.44.